The molecule has 0 fully saturated rings. The quantitative estimate of drug-likeness (QED) is 0.624. The van der Waals surface area contributed by atoms with Crippen molar-refractivity contribution < 1.29 is 15.3 Å². The highest BCUT2D eigenvalue weighted by Gasteiger charge is 2.17. The molecule has 0 saturated heterocycles. The van der Waals surface area contributed by atoms with E-state index in [0.717, 1.165) is 11.1 Å². The van der Waals surface area contributed by atoms with E-state index in [1.54, 1.807) is 30.5 Å². The predicted octanol–water partition coefficient (Wildman–Crippen LogP) is 3.55. The van der Waals surface area contributed by atoms with Crippen LogP contribution in [0.15, 0.2) is 48.7 Å². The van der Waals surface area contributed by atoms with E-state index in [0.29, 0.717) is 16.7 Å². The van der Waals surface area contributed by atoms with Gasteiger partial charge in [-0.1, -0.05) is 28.1 Å². The Morgan fingerprint density at radius 2 is 1.68 bits per heavy atom. The number of alkyl halides is 1. The summed E-state index contributed by atoms with van der Waals surface area (Å²) in [6.07, 6.45) is 1.60. The Bertz CT molecular complexity index is 811. The van der Waals surface area contributed by atoms with Crippen LogP contribution in [0.2, 0.25) is 0 Å². The molecule has 6 heteroatoms. The van der Waals surface area contributed by atoms with E-state index >= 15 is 0 Å². The highest BCUT2D eigenvalue weighted by molar-refractivity contribution is 9.08. The van der Waals surface area contributed by atoms with E-state index in [4.69, 9.17) is 0 Å². The molecule has 0 unspecified atom stereocenters. The number of nitrogens with zero attached hydrogens (tertiary/aromatic N) is 2. The summed E-state index contributed by atoms with van der Waals surface area (Å²) in [6.45, 7) is 0. The van der Waals surface area contributed by atoms with Crippen molar-refractivity contribution in [1.29, 1.82) is 0 Å². The first-order valence-electron chi connectivity index (χ1n) is 6.55. The van der Waals surface area contributed by atoms with Crippen LogP contribution in [-0.2, 0) is 5.33 Å². The molecule has 3 N–H and O–H groups in total. The molecule has 0 radical (unpaired) electrons. The maximum absolute atomic E-state index is 10.0. The second-order valence-corrected chi connectivity index (χ2v) is 5.25. The van der Waals surface area contributed by atoms with Gasteiger partial charge in [0.15, 0.2) is 11.8 Å². The van der Waals surface area contributed by atoms with E-state index in [2.05, 4.69) is 20.9 Å². The van der Waals surface area contributed by atoms with Gasteiger partial charge in [-0.25, -0.2) is 0 Å². The molecule has 3 rings (SSSR count). The molecule has 5 nitrogen and oxygen atoms in total. The van der Waals surface area contributed by atoms with E-state index in [9.17, 15) is 15.3 Å². The molecule has 0 saturated carbocycles. The molecule has 3 aromatic rings. The van der Waals surface area contributed by atoms with Crippen LogP contribution in [-0.4, -0.2) is 24.9 Å². The van der Waals surface area contributed by atoms with Gasteiger partial charge >= 0.3 is 0 Å². The van der Waals surface area contributed by atoms with Gasteiger partial charge in [0, 0.05) is 29.2 Å². The molecule has 1 aromatic carbocycles. The fourth-order valence-electron chi connectivity index (χ4n) is 2.41. The third-order valence-corrected chi connectivity index (χ3v) is 3.97. The van der Waals surface area contributed by atoms with Crippen LogP contribution in [0.3, 0.4) is 0 Å². The van der Waals surface area contributed by atoms with Gasteiger partial charge in [0.2, 0.25) is 0 Å². The second-order valence-electron chi connectivity index (χ2n) is 4.69. The summed E-state index contributed by atoms with van der Waals surface area (Å²) < 4.78 is 1.33. The van der Waals surface area contributed by atoms with Gasteiger partial charge in [-0.2, -0.15) is 0 Å². The summed E-state index contributed by atoms with van der Waals surface area (Å²) in [5.74, 6) is -0.0630. The smallest absolute Gasteiger partial charge is 0.198 e. The third-order valence-electron chi connectivity index (χ3n) is 3.41. The first kappa shape index (κ1) is 14.5. The van der Waals surface area contributed by atoms with Crippen LogP contribution in [0.4, 0.5) is 0 Å². The van der Waals surface area contributed by atoms with Gasteiger partial charge in [0.25, 0.3) is 0 Å². The topological polar surface area (TPSA) is 78.5 Å². The molecule has 0 aliphatic rings. The van der Waals surface area contributed by atoms with E-state index in [1.807, 2.05) is 6.07 Å². The molecule has 0 bridgehead atoms. The first-order chi connectivity index (χ1) is 10.6. The van der Waals surface area contributed by atoms with Crippen molar-refractivity contribution >= 4 is 15.9 Å². The SMILES string of the molecule is Oc1cccnc1-c1cccc(-n2c(O)ccc2O)c1CBr. The number of hydrogen-bond acceptors (Lipinski definition) is 4. The fraction of sp³-hybridized carbons (Fsp3) is 0.0625. The third kappa shape index (κ3) is 2.31. The largest absolute Gasteiger partial charge is 0.506 e. The monoisotopic (exact) mass is 360 g/mol. The van der Waals surface area contributed by atoms with Crippen LogP contribution >= 0.6 is 15.9 Å². The molecule has 2 heterocycles. The molecular formula is C16H13BrN2O3. The van der Waals surface area contributed by atoms with Crippen molar-refractivity contribution in [2.75, 3.05) is 0 Å². The van der Waals surface area contributed by atoms with Crippen molar-refractivity contribution in [3.8, 4) is 34.5 Å². The zero-order chi connectivity index (χ0) is 15.7. The minimum atomic E-state index is -0.0675. The highest BCUT2D eigenvalue weighted by Crippen LogP contribution is 2.36. The lowest BCUT2D eigenvalue weighted by Crippen LogP contribution is -2.00. The van der Waals surface area contributed by atoms with Gasteiger partial charge < -0.3 is 15.3 Å². The van der Waals surface area contributed by atoms with E-state index in [-0.39, 0.29) is 17.5 Å². The van der Waals surface area contributed by atoms with E-state index in [1.165, 1.54) is 16.7 Å². The predicted molar refractivity (Wildman–Crippen MR) is 86.6 cm³/mol. The summed E-state index contributed by atoms with van der Waals surface area (Å²) in [5.41, 5.74) is 2.57. The average Bonchev–Trinajstić information content (AvgIpc) is 2.86. The molecule has 0 aliphatic carbocycles. The van der Waals surface area contributed by atoms with Gasteiger partial charge in [-0.05, 0) is 23.8 Å². The Morgan fingerprint density at radius 1 is 0.955 bits per heavy atom. The molecule has 0 atom stereocenters. The van der Waals surface area contributed by atoms with E-state index < -0.39 is 0 Å². The highest BCUT2D eigenvalue weighted by atomic mass is 79.9. The number of aromatic hydroxyl groups is 3. The molecular weight excluding hydrogens is 348 g/mol. The zero-order valence-corrected chi connectivity index (χ0v) is 13.0. The normalized spacial score (nSPS) is 10.8. The van der Waals surface area contributed by atoms with Crippen molar-refractivity contribution in [2.45, 2.75) is 5.33 Å². The summed E-state index contributed by atoms with van der Waals surface area (Å²) in [7, 11) is 0. The number of hydrogen-bond donors (Lipinski definition) is 3. The summed E-state index contributed by atoms with van der Waals surface area (Å²) in [5, 5.41) is 30.4. The number of halogens is 1. The lowest BCUT2D eigenvalue weighted by molar-refractivity contribution is 0.402. The van der Waals surface area contributed by atoms with Gasteiger partial charge in [-0.15, -0.1) is 0 Å². The molecule has 0 aliphatic heterocycles. The Balaban J connectivity index is 2.28. The number of aromatic nitrogens is 2. The van der Waals surface area contributed by atoms with Crippen molar-refractivity contribution in [2.24, 2.45) is 0 Å². The van der Waals surface area contributed by atoms with Crippen molar-refractivity contribution in [1.82, 2.24) is 9.55 Å². The Morgan fingerprint density at radius 3 is 2.32 bits per heavy atom. The maximum Gasteiger partial charge on any atom is 0.198 e. The minimum absolute atomic E-state index is 0.0675. The number of pyridine rings is 1. The van der Waals surface area contributed by atoms with Gasteiger partial charge in [-0.3, -0.25) is 9.55 Å². The van der Waals surface area contributed by atoms with Gasteiger partial charge in [0.1, 0.15) is 11.4 Å². The molecule has 22 heavy (non-hydrogen) atoms. The molecule has 2 aromatic heterocycles. The van der Waals surface area contributed by atoms with Crippen molar-refractivity contribution in [3.63, 3.8) is 0 Å². The van der Waals surface area contributed by atoms with Crippen LogP contribution in [0.5, 0.6) is 17.5 Å². The molecule has 112 valence electrons. The number of rotatable bonds is 3. The first-order valence-corrected chi connectivity index (χ1v) is 7.68. The second kappa shape index (κ2) is 5.73. The van der Waals surface area contributed by atoms with Crippen LogP contribution in [0.25, 0.3) is 16.9 Å². The summed E-state index contributed by atoms with van der Waals surface area (Å²) in [4.78, 5) is 4.22. The Labute approximate surface area is 135 Å². The minimum Gasteiger partial charge on any atom is -0.506 e. The van der Waals surface area contributed by atoms with Crippen LogP contribution in [0.1, 0.15) is 5.56 Å². The Kier molecular flexibility index (Phi) is 3.77. The van der Waals surface area contributed by atoms with Crippen LogP contribution < -0.4 is 0 Å². The average molecular weight is 361 g/mol. The lowest BCUT2D eigenvalue weighted by atomic mass is 10.0. The standard InChI is InChI=1S/C16H13BrN2O3/c17-9-11-10(16-13(20)5-2-8-18-16)3-1-4-12(11)19-14(21)6-7-15(19)22/h1-8,20-22H,9H2. The Hall–Kier alpha value is -2.47. The maximum atomic E-state index is 10.0. The summed E-state index contributed by atoms with van der Waals surface area (Å²) >= 11 is 3.43. The molecule has 0 spiro atoms. The van der Waals surface area contributed by atoms with Crippen molar-refractivity contribution in [3.05, 3.63) is 54.2 Å². The zero-order valence-electron chi connectivity index (χ0n) is 11.4. The lowest BCUT2D eigenvalue weighted by Gasteiger charge is -2.15. The van der Waals surface area contributed by atoms with Gasteiger partial charge in [0.05, 0.1) is 5.69 Å². The molecule has 0 amide bonds. The fourth-order valence-corrected chi connectivity index (χ4v) is 3.00. The van der Waals surface area contributed by atoms with Crippen LogP contribution in [0, 0.1) is 0 Å². The summed E-state index contributed by atoms with van der Waals surface area (Å²) in [6, 6.07) is 11.4. The number of benzene rings is 1.